The van der Waals surface area contributed by atoms with Gasteiger partial charge in [0, 0.05) is 24.1 Å². The summed E-state index contributed by atoms with van der Waals surface area (Å²) in [5, 5.41) is 2.69. The lowest BCUT2D eigenvalue weighted by molar-refractivity contribution is -0.141. The van der Waals surface area contributed by atoms with Gasteiger partial charge in [-0.3, -0.25) is 9.78 Å². The highest BCUT2D eigenvalue weighted by atomic mass is 19.4. The molecule has 162 valence electrons. The van der Waals surface area contributed by atoms with E-state index in [1.807, 2.05) is 40.7 Å². The fourth-order valence-corrected chi connectivity index (χ4v) is 2.58. The third-order valence-corrected chi connectivity index (χ3v) is 4.70. The Kier molecular flexibility index (Phi) is 7.66. The van der Waals surface area contributed by atoms with Gasteiger partial charge in [0.05, 0.1) is 5.56 Å². The maximum Gasteiger partial charge on any atom is 0.494 e. The van der Waals surface area contributed by atoms with Crippen molar-refractivity contribution in [3.63, 3.8) is 0 Å². The number of alkyl halides is 3. The normalized spacial score (nSPS) is 12.0. The van der Waals surface area contributed by atoms with Crippen LogP contribution >= 0.6 is 0 Å². The molecule has 5 nitrogen and oxygen atoms in total. The van der Waals surface area contributed by atoms with Gasteiger partial charge < -0.3 is 14.6 Å². The molecule has 0 aliphatic rings. The summed E-state index contributed by atoms with van der Waals surface area (Å²) in [7, 11) is -0.616. The van der Waals surface area contributed by atoms with E-state index < -0.39 is 30.5 Å². The van der Waals surface area contributed by atoms with E-state index in [9.17, 15) is 18.0 Å². The Hall–Kier alpha value is -2.39. The number of halogens is 3. The molecular weight excluding hydrogens is 396 g/mol. The number of aromatic nitrogens is 1. The van der Waals surface area contributed by atoms with Crippen molar-refractivity contribution in [3.8, 4) is 0 Å². The SMILES string of the molecule is CCOB(OC(C)(C)CC)c1cc(NC(=O)c2ccc(C(F)(F)F)nc2)ccc1C. The lowest BCUT2D eigenvalue weighted by Crippen LogP contribution is -2.45. The van der Waals surface area contributed by atoms with Crippen LogP contribution in [0.1, 0.15) is 55.7 Å². The summed E-state index contributed by atoms with van der Waals surface area (Å²) in [5.41, 5.74) is 0.735. The summed E-state index contributed by atoms with van der Waals surface area (Å²) >= 11 is 0. The number of hydrogen-bond donors (Lipinski definition) is 1. The summed E-state index contributed by atoms with van der Waals surface area (Å²) in [5.74, 6) is -0.561. The molecule has 0 unspecified atom stereocenters. The molecule has 30 heavy (non-hydrogen) atoms. The van der Waals surface area contributed by atoms with E-state index in [1.165, 1.54) is 0 Å². The van der Waals surface area contributed by atoms with Crippen molar-refractivity contribution in [1.82, 2.24) is 4.98 Å². The van der Waals surface area contributed by atoms with Crippen molar-refractivity contribution in [1.29, 1.82) is 0 Å². The van der Waals surface area contributed by atoms with Crippen molar-refractivity contribution in [2.75, 3.05) is 11.9 Å². The van der Waals surface area contributed by atoms with Crippen LogP contribution in [0.25, 0.3) is 0 Å². The zero-order valence-corrected chi connectivity index (χ0v) is 17.8. The smallest absolute Gasteiger partial charge is 0.408 e. The van der Waals surface area contributed by atoms with E-state index in [0.29, 0.717) is 12.3 Å². The fraction of sp³-hybridized carbons (Fsp3) is 0.429. The van der Waals surface area contributed by atoms with E-state index in [-0.39, 0.29) is 5.56 Å². The molecule has 9 heteroatoms. The third kappa shape index (κ3) is 6.30. The number of hydrogen-bond acceptors (Lipinski definition) is 4. The van der Waals surface area contributed by atoms with Gasteiger partial charge in [0.1, 0.15) is 5.69 Å². The van der Waals surface area contributed by atoms with E-state index in [1.54, 1.807) is 12.1 Å². The predicted octanol–water partition coefficient (Wildman–Crippen LogP) is 4.60. The van der Waals surface area contributed by atoms with Crippen molar-refractivity contribution < 1.29 is 27.3 Å². The molecule has 1 amide bonds. The Balaban J connectivity index is 2.24. The van der Waals surface area contributed by atoms with Crippen molar-refractivity contribution in [2.45, 2.75) is 52.8 Å². The Morgan fingerprint density at radius 2 is 1.87 bits per heavy atom. The molecule has 0 atom stereocenters. The van der Waals surface area contributed by atoms with E-state index in [4.69, 9.17) is 9.31 Å². The number of carbonyl (C=O) groups is 1. The van der Waals surface area contributed by atoms with Gasteiger partial charge in [0.2, 0.25) is 0 Å². The van der Waals surface area contributed by atoms with Crippen LogP contribution in [0.3, 0.4) is 0 Å². The van der Waals surface area contributed by atoms with Gasteiger partial charge in [-0.15, -0.1) is 0 Å². The second-order valence-electron chi connectivity index (χ2n) is 7.47. The van der Waals surface area contributed by atoms with Gasteiger partial charge in [-0.1, -0.05) is 18.6 Å². The maximum atomic E-state index is 12.6. The summed E-state index contributed by atoms with van der Waals surface area (Å²) in [6, 6.07) is 7.15. The largest absolute Gasteiger partial charge is 0.494 e. The fourth-order valence-electron chi connectivity index (χ4n) is 2.58. The number of pyridine rings is 1. The highest BCUT2D eigenvalue weighted by Crippen LogP contribution is 2.27. The van der Waals surface area contributed by atoms with Crippen LogP contribution in [0, 0.1) is 6.92 Å². The van der Waals surface area contributed by atoms with E-state index in [2.05, 4.69) is 10.3 Å². The number of amides is 1. The number of anilines is 1. The quantitative estimate of drug-likeness (QED) is 0.632. The second-order valence-corrected chi connectivity index (χ2v) is 7.47. The van der Waals surface area contributed by atoms with Gasteiger partial charge in [0.25, 0.3) is 5.91 Å². The molecule has 0 bridgehead atoms. The summed E-state index contributed by atoms with van der Waals surface area (Å²) in [6.07, 6.45) is -2.86. The van der Waals surface area contributed by atoms with Gasteiger partial charge >= 0.3 is 13.3 Å². The van der Waals surface area contributed by atoms with Gasteiger partial charge in [0.15, 0.2) is 0 Å². The first-order valence-corrected chi connectivity index (χ1v) is 9.71. The molecule has 0 aliphatic carbocycles. The van der Waals surface area contributed by atoms with Crippen LogP contribution in [-0.2, 0) is 15.5 Å². The Morgan fingerprint density at radius 3 is 2.40 bits per heavy atom. The minimum Gasteiger partial charge on any atom is -0.408 e. The summed E-state index contributed by atoms with van der Waals surface area (Å²) < 4.78 is 49.9. The molecule has 2 rings (SSSR count). The molecule has 2 aromatic rings. The molecule has 1 N–H and O–H groups in total. The molecule has 0 fully saturated rings. The average molecular weight is 422 g/mol. The van der Waals surface area contributed by atoms with Crippen LogP contribution in [-0.4, -0.2) is 30.2 Å². The zero-order chi connectivity index (χ0) is 22.5. The minimum absolute atomic E-state index is 0.0230. The zero-order valence-electron chi connectivity index (χ0n) is 17.8. The molecular formula is C21H26BF3N2O3. The molecule has 0 spiro atoms. The lowest BCUT2D eigenvalue weighted by atomic mass is 9.74. The standard InChI is InChI=1S/C21H26BF3N2O3/c1-6-20(4,5)30-22(29-7-2)17-12-16(10-8-14(17)3)27-19(28)15-9-11-18(26-13-15)21(23,24)25/h8-13H,6-7H2,1-5H3,(H,27,28). The second kappa shape index (κ2) is 9.62. The van der Waals surface area contributed by atoms with Crippen LogP contribution < -0.4 is 10.8 Å². The highest BCUT2D eigenvalue weighted by Gasteiger charge is 2.32. The first kappa shape index (κ1) is 23.9. The van der Waals surface area contributed by atoms with Crippen LogP contribution in [0.5, 0.6) is 0 Å². The van der Waals surface area contributed by atoms with Crippen molar-refractivity contribution >= 4 is 24.2 Å². The van der Waals surface area contributed by atoms with Gasteiger partial charge in [-0.25, -0.2) is 0 Å². The Labute approximate surface area is 175 Å². The predicted molar refractivity (Wildman–Crippen MR) is 111 cm³/mol. The molecule has 0 aliphatic heterocycles. The van der Waals surface area contributed by atoms with Crippen LogP contribution in [0.4, 0.5) is 18.9 Å². The van der Waals surface area contributed by atoms with Crippen LogP contribution in [0.15, 0.2) is 36.5 Å². The number of rotatable bonds is 8. The van der Waals surface area contributed by atoms with Gasteiger partial charge in [-0.05, 0) is 63.8 Å². The molecule has 1 aromatic carbocycles. The number of carbonyl (C=O) groups excluding carboxylic acids is 1. The molecule has 0 saturated carbocycles. The molecule has 1 heterocycles. The third-order valence-electron chi connectivity index (χ3n) is 4.70. The first-order valence-electron chi connectivity index (χ1n) is 9.71. The summed E-state index contributed by atoms with van der Waals surface area (Å²) in [6.45, 7) is 10.2. The monoisotopic (exact) mass is 422 g/mol. The van der Waals surface area contributed by atoms with Crippen molar-refractivity contribution in [2.24, 2.45) is 0 Å². The Bertz CT molecular complexity index is 871. The van der Waals surface area contributed by atoms with Crippen molar-refractivity contribution in [3.05, 3.63) is 53.3 Å². The first-order chi connectivity index (χ1) is 14.0. The number of nitrogens with zero attached hydrogens (tertiary/aromatic N) is 1. The average Bonchev–Trinajstić information content (AvgIpc) is 2.68. The number of benzene rings is 1. The highest BCUT2D eigenvalue weighted by molar-refractivity contribution is 6.62. The molecule has 1 aromatic heterocycles. The van der Waals surface area contributed by atoms with Crippen LogP contribution in [0.2, 0.25) is 0 Å². The lowest BCUT2D eigenvalue weighted by Gasteiger charge is -2.29. The number of nitrogens with one attached hydrogen (secondary N) is 1. The Morgan fingerprint density at radius 1 is 1.17 bits per heavy atom. The number of aryl methyl sites for hydroxylation is 1. The molecule has 0 radical (unpaired) electrons. The van der Waals surface area contributed by atoms with E-state index >= 15 is 0 Å². The molecule has 0 saturated heterocycles. The minimum atomic E-state index is -4.55. The maximum absolute atomic E-state index is 12.6. The topological polar surface area (TPSA) is 60.5 Å². The van der Waals surface area contributed by atoms with E-state index in [0.717, 1.165) is 35.8 Å². The summed E-state index contributed by atoms with van der Waals surface area (Å²) in [4.78, 5) is 15.8. The van der Waals surface area contributed by atoms with Gasteiger partial charge in [-0.2, -0.15) is 13.2 Å².